The average Bonchev–Trinajstić information content (AvgIpc) is 2.86. The number of amides is 3. The van der Waals surface area contributed by atoms with Crippen molar-refractivity contribution in [1.29, 1.82) is 0 Å². The molecule has 0 saturated carbocycles. The summed E-state index contributed by atoms with van der Waals surface area (Å²) in [6, 6.07) is 8.44. The second-order valence-electron chi connectivity index (χ2n) is 13.1. The quantitative estimate of drug-likeness (QED) is 0.260. The molecule has 8 nitrogen and oxygen atoms in total. The number of benzene rings is 2. The Morgan fingerprint density at radius 3 is 2.00 bits per heavy atom. The molecule has 2 rings (SSSR count). The Labute approximate surface area is 252 Å². The number of alkyl carbamates (subject to hydrolysis) is 1. The number of para-hydroxylation sites is 1. The summed E-state index contributed by atoms with van der Waals surface area (Å²) >= 11 is 0. The van der Waals surface area contributed by atoms with E-state index in [0.717, 1.165) is 17.5 Å². The number of hydrogen-bond acceptors (Lipinski definition) is 5. The number of phenolic OH excluding ortho intramolecular Hbond substituents is 1. The van der Waals surface area contributed by atoms with E-state index in [0.29, 0.717) is 29.2 Å². The minimum absolute atomic E-state index is 0.102. The van der Waals surface area contributed by atoms with Gasteiger partial charge in [0.2, 0.25) is 5.91 Å². The van der Waals surface area contributed by atoms with Crippen LogP contribution in [0.2, 0.25) is 0 Å². The van der Waals surface area contributed by atoms with E-state index < -0.39 is 23.8 Å². The maximum absolute atomic E-state index is 14.6. The molecule has 0 heterocycles. The molecule has 0 aromatic heterocycles. The molecule has 3 amide bonds. The zero-order valence-electron chi connectivity index (χ0n) is 27.3. The Hall–Kier alpha value is -3.55. The van der Waals surface area contributed by atoms with Crippen LogP contribution in [0.25, 0.3) is 0 Å². The molecule has 232 valence electrons. The summed E-state index contributed by atoms with van der Waals surface area (Å²) in [5.74, 6) is -0.539. The van der Waals surface area contributed by atoms with Gasteiger partial charge >= 0.3 is 6.09 Å². The van der Waals surface area contributed by atoms with E-state index in [2.05, 4.69) is 24.5 Å². The number of rotatable bonds is 11. The smallest absolute Gasteiger partial charge is 0.408 e. The standard InChI is InChI=1S/C34H51N3O5/c1-20(2)15-16-25(8)37(32(40)28(21(3)4)36-33(41)42-34(9,10)11)30(26-17-18-27(38)24(7)19-26)31(39)35-29-22(5)13-12-14-23(29)6/h12-14,17-21,25,28,30,38H,15-16H2,1-11H3,(H,35,39)(H,36,41). The van der Waals surface area contributed by atoms with Gasteiger partial charge in [0.25, 0.3) is 5.91 Å². The monoisotopic (exact) mass is 581 g/mol. The third-order valence-corrected chi connectivity index (χ3v) is 7.29. The van der Waals surface area contributed by atoms with Gasteiger partial charge in [0.1, 0.15) is 23.4 Å². The Morgan fingerprint density at radius 1 is 0.905 bits per heavy atom. The zero-order chi connectivity index (χ0) is 31.9. The average molecular weight is 582 g/mol. The highest BCUT2D eigenvalue weighted by Gasteiger charge is 2.40. The minimum Gasteiger partial charge on any atom is -0.508 e. The summed E-state index contributed by atoms with van der Waals surface area (Å²) in [6.45, 7) is 20.8. The van der Waals surface area contributed by atoms with Crippen LogP contribution in [-0.4, -0.2) is 45.6 Å². The van der Waals surface area contributed by atoms with Gasteiger partial charge in [-0.1, -0.05) is 52.0 Å². The van der Waals surface area contributed by atoms with Crippen molar-refractivity contribution < 1.29 is 24.2 Å². The number of aryl methyl sites for hydroxylation is 3. The van der Waals surface area contributed by atoms with E-state index in [1.165, 1.54) is 0 Å². The third kappa shape index (κ3) is 9.50. The van der Waals surface area contributed by atoms with Crippen molar-refractivity contribution in [2.24, 2.45) is 11.8 Å². The van der Waals surface area contributed by atoms with Crippen molar-refractivity contribution in [3.05, 3.63) is 58.7 Å². The van der Waals surface area contributed by atoms with E-state index in [9.17, 15) is 19.5 Å². The second kappa shape index (κ2) is 14.6. The second-order valence-corrected chi connectivity index (χ2v) is 13.1. The first-order valence-electron chi connectivity index (χ1n) is 14.9. The lowest BCUT2D eigenvalue weighted by Gasteiger charge is -2.39. The number of anilines is 1. The lowest BCUT2D eigenvalue weighted by atomic mass is 9.94. The van der Waals surface area contributed by atoms with E-state index in [4.69, 9.17) is 4.74 Å². The summed E-state index contributed by atoms with van der Waals surface area (Å²) in [6.07, 6.45) is 0.808. The van der Waals surface area contributed by atoms with Crippen LogP contribution in [-0.2, 0) is 14.3 Å². The van der Waals surface area contributed by atoms with E-state index in [1.54, 1.807) is 50.8 Å². The highest BCUT2D eigenvalue weighted by Crippen LogP contribution is 2.32. The highest BCUT2D eigenvalue weighted by molar-refractivity contribution is 6.00. The van der Waals surface area contributed by atoms with Gasteiger partial charge in [-0.15, -0.1) is 0 Å². The normalized spacial score (nSPS) is 13.8. The molecule has 0 radical (unpaired) electrons. The molecule has 3 atom stereocenters. The van der Waals surface area contributed by atoms with Crippen molar-refractivity contribution >= 4 is 23.6 Å². The van der Waals surface area contributed by atoms with Gasteiger partial charge in [0, 0.05) is 11.7 Å². The molecule has 0 fully saturated rings. The first-order valence-corrected chi connectivity index (χ1v) is 14.9. The molecule has 42 heavy (non-hydrogen) atoms. The van der Waals surface area contributed by atoms with Crippen LogP contribution in [0, 0.1) is 32.6 Å². The summed E-state index contributed by atoms with van der Waals surface area (Å²) in [4.78, 5) is 43.3. The van der Waals surface area contributed by atoms with Crippen molar-refractivity contribution in [3.8, 4) is 5.75 Å². The molecule has 0 aliphatic rings. The predicted octanol–water partition coefficient (Wildman–Crippen LogP) is 7.20. The van der Waals surface area contributed by atoms with Crippen LogP contribution in [0.5, 0.6) is 5.75 Å². The summed E-state index contributed by atoms with van der Waals surface area (Å²) in [5, 5.41) is 16.2. The summed E-state index contributed by atoms with van der Waals surface area (Å²) in [7, 11) is 0. The molecule has 0 aliphatic carbocycles. The number of nitrogens with zero attached hydrogens (tertiary/aromatic N) is 1. The van der Waals surface area contributed by atoms with Crippen LogP contribution in [0.1, 0.15) is 96.5 Å². The number of phenols is 1. The van der Waals surface area contributed by atoms with Gasteiger partial charge in [-0.05, 0) is 108 Å². The predicted molar refractivity (Wildman–Crippen MR) is 169 cm³/mol. The van der Waals surface area contributed by atoms with Gasteiger partial charge < -0.3 is 25.4 Å². The molecule has 0 aliphatic heterocycles. The molecule has 0 bridgehead atoms. The van der Waals surface area contributed by atoms with E-state index in [1.807, 2.05) is 52.8 Å². The van der Waals surface area contributed by atoms with Crippen LogP contribution in [0.4, 0.5) is 10.5 Å². The van der Waals surface area contributed by atoms with Crippen LogP contribution in [0.3, 0.4) is 0 Å². The molecule has 3 unspecified atom stereocenters. The van der Waals surface area contributed by atoms with Crippen molar-refractivity contribution in [1.82, 2.24) is 10.2 Å². The maximum atomic E-state index is 14.6. The molecule has 3 N–H and O–H groups in total. The SMILES string of the molecule is Cc1cc(C(C(=O)Nc2c(C)cccc2C)N(C(=O)C(NC(=O)OC(C)(C)C)C(C)C)C(C)CCC(C)C)ccc1O. The van der Waals surface area contributed by atoms with E-state index >= 15 is 0 Å². The van der Waals surface area contributed by atoms with Gasteiger partial charge in [-0.2, -0.15) is 0 Å². The summed E-state index contributed by atoms with van der Waals surface area (Å²) < 4.78 is 5.49. The Balaban J connectivity index is 2.70. The minimum atomic E-state index is -1.03. The third-order valence-electron chi connectivity index (χ3n) is 7.29. The number of carbonyl (C=O) groups is 3. The fourth-order valence-corrected chi connectivity index (χ4v) is 4.91. The molecule has 2 aromatic carbocycles. The molecule has 0 saturated heterocycles. The number of aromatic hydroxyl groups is 1. The van der Waals surface area contributed by atoms with Gasteiger partial charge in [-0.3, -0.25) is 9.59 Å². The lowest BCUT2D eigenvalue weighted by Crippen LogP contribution is -2.56. The fourth-order valence-electron chi connectivity index (χ4n) is 4.91. The van der Waals surface area contributed by atoms with Crippen molar-refractivity contribution in [2.75, 3.05) is 5.32 Å². The van der Waals surface area contributed by atoms with Crippen molar-refractivity contribution in [2.45, 2.75) is 113 Å². The fraction of sp³-hybridized carbons (Fsp3) is 0.559. The molecule has 0 spiro atoms. The zero-order valence-corrected chi connectivity index (χ0v) is 27.3. The Kier molecular flexibility index (Phi) is 12.0. The first-order chi connectivity index (χ1) is 19.4. The van der Waals surface area contributed by atoms with Crippen LogP contribution in [0.15, 0.2) is 36.4 Å². The lowest BCUT2D eigenvalue weighted by molar-refractivity contribution is -0.144. The topological polar surface area (TPSA) is 108 Å². The number of nitrogens with one attached hydrogen (secondary N) is 2. The molecule has 8 heteroatoms. The van der Waals surface area contributed by atoms with E-state index in [-0.39, 0.29) is 29.5 Å². The van der Waals surface area contributed by atoms with Gasteiger partial charge in [0.05, 0.1) is 0 Å². The van der Waals surface area contributed by atoms with Crippen LogP contribution < -0.4 is 10.6 Å². The molecular formula is C34H51N3O5. The van der Waals surface area contributed by atoms with Crippen LogP contribution >= 0.6 is 0 Å². The van der Waals surface area contributed by atoms with Gasteiger partial charge in [-0.25, -0.2) is 4.79 Å². The van der Waals surface area contributed by atoms with Crippen molar-refractivity contribution in [3.63, 3.8) is 0 Å². The molecular weight excluding hydrogens is 530 g/mol. The highest BCUT2D eigenvalue weighted by atomic mass is 16.6. The Bertz CT molecular complexity index is 1230. The number of ether oxygens (including phenoxy) is 1. The first kappa shape index (κ1) is 34.7. The van der Waals surface area contributed by atoms with Gasteiger partial charge in [0.15, 0.2) is 0 Å². The molecule has 2 aromatic rings. The maximum Gasteiger partial charge on any atom is 0.408 e. The number of carbonyl (C=O) groups excluding carboxylic acids is 3. The largest absolute Gasteiger partial charge is 0.508 e. The summed E-state index contributed by atoms with van der Waals surface area (Å²) in [5.41, 5.74) is 2.92. The number of hydrogen-bond donors (Lipinski definition) is 3. The Morgan fingerprint density at radius 2 is 1.50 bits per heavy atom.